The molecular weight excluding hydrogens is 209 g/mol. The van der Waals surface area contributed by atoms with E-state index in [-0.39, 0.29) is 5.69 Å². The Morgan fingerprint density at radius 1 is 1.38 bits per heavy atom. The number of halogens is 1. The second-order valence-electron chi connectivity index (χ2n) is 3.39. The van der Waals surface area contributed by atoms with E-state index in [1.165, 1.54) is 6.07 Å². The highest BCUT2D eigenvalue weighted by molar-refractivity contribution is 5.62. The summed E-state index contributed by atoms with van der Waals surface area (Å²) in [5, 5.41) is 10.8. The smallest absolute Gasteiger partial charge is 0.224 e. The number of hydrogen-bond donors (Lipinski definition) is 2. The molecule has 1 heterocycles. The van der Waals surface area contributed by atoms with Gasteiger partial charge in [0.25, 0.3) is 0 Å². The molecule has 0 saturated heterocycles. The van der Waals surface area contributed by atoms with Gasteiger partial charge in [-0.15, -0.1) is 10.2 Å². The van der Waals surface area contributed by atoms with Gasteiger partial charge in [-0.3, -0.25) is 4.57 Å². The van der Waals surface area contributed by atoms with Gasteiger partial charge in [0.2, 0.25) is 5.95 Å². The fourth-order valence-corrected chi connectivity index (χ4v) is 1.48. The molecule has 0 unspecified atom stereocenters. The van der Waals surface area contributed by atoms with Crippen molar-refractivity contribution in [2.75, 3.05) is 18.1 Å². The minimum atomic E-state index is -0.431. The Kier molecular flexibility index (Phi) is 2.47. The van der Waals surface area contributed by atoms with E-state index >= 15 is 0 Å². The maximum absolute atomic E-state index is 13.0. The lowest BCUT2D eigenvalue weighted by Crippen LogP contribution is -2.00. The van der Waals surface area contributed by atoms with Crippen LogP contribution in [0.2, 0.25) is 0 Å². The fraction of sp³-hybridized carbons (Fsp3) is 0.200. The van der Waals surface area contributed by atoms with Gasteiger partial charge < -0.3 is 11.1 Å². The first-order chi connectivity index (χ1) is 7.63. The normalized spacial score (nSPS) is 10.4. The predicted octanol–water partition coefficient (Wildman–Crippen LogP) is 1.25. The van der Waals surface area contributed by atoms with Crippen LogP contribution in [0.15, 0.2) is 18.2 Å². The molecule has 2 rings (SSSR count). The number of anilines is 2. The molecule has 1 aromatic heterocycles. The van der Waals surface area contributed by atoms with E-state index in [2.05, 4.69) is 15.5 Å². The number of nitrogen functional groups attached to an aromatic ring is 1. The summed E-state index contributed by atoms with van der Waals surface area (Å²) in [7, 11) is 3.58. The van der Waals surface area contributed by atoms with Gasteiger partial charge in [-0.2, -0.15) is 0 Å². The average molecular weight is 221 g/mol. The van der Waals surface area contributed by atoms with Crippen molar-refractivity contribution in [1.29, 1.82) is 0 Å². The molecule has 0 aliphatic rings. The van der Waals surface area contributed by atoms with Crippen molar-refractivity contribution >= 4 is 11.6 Å². The van der Waals surface area contributed by atoms with Crippen molar-refractivity contribution in [1.82, 2.24) is 14.8 Å². The van der Waals surface area contributed by atoms with Crippen LogP contribution in [0.4, 0.5) is 16.0 Å². The Morgan fingerprint density at radius 2 is 2.12 bits per heavy atom. The molecule has 6 heteroatoms. The number of nitrogens with zero attached hydrogens (tertiary/aromatic N) is 3. The first kappa shape index (κ1) is 10.4. The van der Waals surface area contributed by atoms with Gasteiger partial charge in [0.15, 0.2) is 5.82 Å². The Hall–Kier alpha value is -2.11. The zero-order chi connectivity index (χ0) is 11.7. The Bertz CT molecular complexity index is 520. The summed E-state index contributed by atoms with van der Waals surface area (Å²) >= 11 is 0. The van der Waals surface area contributed by atoms with Crippen molar-refractivity contribution in [2.45, 2.75) is 0 Å². The van der Waals surface area contributed by atoms with E-state index in [1.54, 1.807) is 23.7 Å². The first-order valence-electron chi connectivity index (χ1n) is 4.76. The summed E-state index contributed by atoms with van der Waals surface area (Å²) in [6.45, 7) is 0. The van der Waals surface area contributed by atoms with Crippen LogP contribution in [-0.4, -0.2) is 21.8 Å². The number of benzene rings is 1. The van der Waals surface area contributed by atoms with Crippen LogP contribution >= 0.6 is 0 Å². The highest BCUT2D eigenvalue weighted by Crippen LogP contribution is 2.22. The van der Waals surface area contributed by atoms with Crippen molar-refractivity contribution in [3.63, 3.8) is 0 Å². The summed E-state index contributed by atoms with van der Waals surface area (Å²) in [5.41, 5.74) is 6.33. The second-order valence-corrected chi connectivity index (χ2v) is 3.39. The van der Waals surface area contributed by atoms with Crippen LogP contribution in [0.25, 0.3) is 11.4 Å². The zero-order valence-corrected chi connectivity index (χ0v) is 9.03. The van der Waals surface area contributed by atoms with Gasteiger partial charge in [-0.25, -0.2) is 4.39 Å². The Balaban J connectivity index is 2.50. The molecule has 0 fully saturated rings. The number of nitrogens with one attached hydrogen (secondary N) is 1. The van der Waals surface area contributed by atoms with E-state index < -0.39 is 5.82 Å². The van der Waals surface area contributed by atoms with E-state index in [1.807, 2.05) is 7.05 Å². The molecule has 0 radical (unpaired) electrons. The summed E-state index contributed by atoms with van der Waals surface area (Å²) < 4.78 is 14.8. The summed E-state index contributed by atoms with van der Waals surface area (Å²) in [6.07, 6.45) is 0. The molecular formula is C10H12FN5. The number of rotatable bonds is 2. The lowest BCUT2D eigenvalue weighted by Gasteiger charge is -2.04. The maximum atomic E-state index is 13.0. The molecule has 0 aliphatic carbocycles. The highest BCUT2D eigenvalue weighted by Gasteiger charge is 2.10. The minimum absolute atomic E-state index is 0.103. The van der Waals surface area contributed by atoms with Crippen LogP contribution in [0, 0.1) is 5.82 Å². The Labute approximate surface area is 92.1 Å². The third-order valence-corrected chi connectivity index (χ3v) is 2.35. The van der Waals surface area contributed by atoms with Crippen LogP contribution in [0.1, 0.15) is 0 Å². The van der Waals surface area contributed by atoms with Gasteiger partial charge in [0.1, 0.15) is 5.82 Å². The van der Waals surface area contributed by atoms with Crippen molar-refractivity contribution in [3.05, 3.63) is 24.0 Å². The van der Waals surface area contributed by atoms with E-state index in [4.69, 9.17) is 5.73 Å². The number of aromatic nitrogens is 3. The van der Waals surface area contributed by atoms with Crippen LogP contribution < -0.4 is 11.1 Å². The molecule has 0 aliphatic heterocycles. The predicted molar refractivity (Wildman–Crippen MR) is 60.4 cm³/mol. The molecule has 2 aromatic rings. The molecule has 0 saturated carbocycles. The lowest BCUT2D eigenvalue weighted by atomic mass is 10.2. The lowest BCUT2D eigenvalue weighted by molar-refractivity contribution is 0.632. The van der Waals surface area contributed by atoms with Gasteiger partial charge >= 0.3 is 0 Å². The topological polar surface area (TPSA) is 68.8 Å². The first-order valence-corrected chi connectivity index (χ1v) is 4.76. The number of nitrogens with two attached hydrogens (primary N) is 1. The average Bonchev–Trinajstić information content (AvgIpc) is 2.64. The van der Waals surface area contributed by atoms with Gasteiger partial charge in [-0.1, -0.05) is 0 Å². The summed E-state index contributed by atoms with van der Waals surface area (Å²) in [6, 6.07) is 4.48. The third-order valence-electron chi connectivity index (χ3n) is 2.35. The largest absolute Gasteiger partial charge is 0.396 e. The standard InChI is InChI=1S/C10H12FN5/c1-13-10-15-14-9(16(10)2)6-3-4-7(11)8(12)5-6/h3-5H,12H2,1-2H3,(H,13,15). The van der Waals surface area contributed by atoms with Crippen molar-refractivity contribution in [2.24, 2.45) is 7.05 Å². The molecule has 0 atom stereocenters. The molecule has 5 nitrogen and oxygen atoms in total. The molecule has 0 amide bonds. The van der Waals surface area contributed by atoms with Crippen molar-refractivity contribution in [3.8, 4) is 11.4 Å². The van der Waals surface area contributed by atoms with E-state index in [9.17, 15) is 4.39 Å². The van der Waals surface area contributed by atoms with Crippen molar-refractivity contribution < 1.29 is 4.39 Å². The monoisotopic (exact) mass is 221 g/mol. The highest BCUT2D eigenvalue weighted by atomic mass is 19.1. The van der Waals surface area contributed by atoms with Gasteiger partial charge in [0.05, 0.1) is 5.69 Å². The molecule has 3 N–H and O–H groups in total. The minimum Gasteiger partial charge on any atom is -0.396 e. The third kappa shape index (κ3) is 1.58. The van der Waals surface area contributed by atoms with Crippen LogP contribution in [0.5, 0.6) is 0 Å². The zero-order valence-electron chi connectivity index (χ0n) is 9.03. The molecule has 0 spiro atoms. The second kappa shape index (κ2) is 3.80. The molecule has 84 valence electrons. The number of hydrogen-bond acceptors (Lipinski definition) is 4. The quantitative estimate of drug-likeness (QED) is 0.749. The Morgan fingerprint density at radius 3 is 2.69 bits per heavy atom. The SMILES string of the molecule is CNc1nnc(-c2ccc(F)c(N)c2)n1C. The van der Waals surface area contributed by atoms with Crippen LogP contribution in [-0.2, 0) is 7.05 Å². The molecule has 16 heavy (non-hydrogen) atoms. The summed E-state index contributed by atoms with van der Waals surface area (Å²) in [5.74, 6) is 0.841. The van der Waals surface area contributed by atoms with Gasteiger partial charge in [0, 0.05) is 19.7 Å². The summed E-state index contributed by atoms with van der Waals surface area (Å²) in [4.78, 5) is 0. The van der Waals surface area contributed by atoms with E-state index in [0.29, 0.717) is 11.8 Å². The van der Waals surface area contributed by atoms with E-state index in [0.717, 1.165) is 5.56 Å². The fourth-order valence-electron chi connectivity index (χ4n) is 1.48. The maximum Gasteiger partial charge on any atom is 0.224 e. The van der Waals surface area contributed by atoms with Crippen LogP contribution in [0.3, 0.4) is 0 Å². The van der Waals surface area contributed by atoms with Gasteiger partial charge in [-0.05, 0) is 18.2 Å². The molecule has 1 aromatic carbocycles. The molecule has 0 bridgehead atoms.